The van der Waals surface area contributed by atoms with Crippen molar-refractivity contribution in [1.29, 1.82) is 0 Å². The van der Waals surface area contributed by atoms with Gasteiger partial charge in [0.25, 0.3) is 0 Å². The van der Waals surface area contributed by atoms with Gasteiger partial charge < -0.3 is 9.73 Å². The van der Waals surface area contributed by atoms with E-state index in [1.165, 1.54) is 12.8 Å². The van der Waals surface area contributed by atoms with E-state index < -0.39 is 0 Å². The van der Waals surface area contributed by atoms with Gasteiger partial charge in [-0.15, -0.1) is 0 Å². The van der Waals surface area contributed by atoms with Gasteiger partial charge in [0.15, 0.2) is 0 Å². The van der Waals surface area contributed by atoms with Crippen LogP contribution in [-0.4, -0.2) is 6.04 Å². The monoisotopic (exact) mass is 279 g/mol. The standard InChI is InChI=1S/C13H14BrNO/c1-8(15-11-3-4-11)13-7-9-6-10(14)2-5-12(9)16-13/h2,5-8,11,15H,3-4H2,1H3. The van der Waals surface area contributed by atoms with Crippen molar-refractivity contribution >= 4 is 26.9 Å². The molecule has 1 aliphatic rings. The number of fused-ring (bicyclic) bond motifs is 1. The molecule has 0 amide bonds. The van der Waals surface area contributed by atoms with Crippen LogP contribution in [0.4, 0.5) is 0 Å². The first kappa shape index (κ1) is 10.4. The number of furan rings is 1. The highest BCUT2D eigenvalue weighted by molar-refractivity contribution is 9.10. The fourth-order valence-electron chi connectivity index (χ4n) is 1.93. The van der Waals surface area contributed by atoms with Crippen molar-refractivity contribution in [3.8, 4) is 0 Å². The zero-order valence-electron chi connectivity index (χ0n) is 9.16. The molecule has 2 aromatic rings. The van der Waals surface area contributed by atoms with Gasteiger partial charge in [-0.3, -0.25) is 0 Å². The van der Waals surface area contributed by atoms with Gasteiger partial charge >= 0.3 is 0 Å². The SMILES string of the molecule is CC(NC1CC1)c1cc2cc(Br)ccc2o1. The summed E-state index contributed by atoms with van der Waals surface area (Å²) in [5, 5.41) is 4.70. The first-order valence-electron chi connectivity index (χ1n) is 5.67. The number of hydrogen-bond acceptors (Lipinski definition) is 2. The molecule has 1 atom stereocenters. The summed E-state index contributed by atoms with van der Waals surface area (Å²) in [5.74, 6) is 1.03. The Hall–Kier alpha value is -0.800. The third-order valence-corrected chi connectivity index (χ3v) is 3.48. The Labute approximate surface area is 103 Å². The maximum Gasteiger partial charge on any atom is 0.134 e. The molecule has 1 aliphatic carbocycles. The number of nitrogens with one attached hydrogen (secondary N) is 1. The quantitative estimate of drug-likeness (QED) is 0.919. The van der Waals surface area contributed by atoms with E-state index in [1.807, 2.05) is 12.1 Å². The van der Waals surface area contributed by atoms with Crippen LogP contribution in [0.25, 0.3) is 11.0 Å². The summed E-state index contributed by atoms with van der Waals surface area (Å²) >= 11 is 3.47. The molecule has 84 valence electrons. The van der Waals surface area contributed by atoms with Gasteiger partial charge in [-0.05, 0) is 44.0 Å². The van der Waals surface area contributed by atoms with Crippen molar-refractivity contribution in [3.05, 3.63) is 34.5 Å². The second-order valence-corrected chi connectivity index (χ2v) is 5.41. The van der Waals surface area contributed by atoms with Crippen LogP contribution in [0.15, 0.2) is 33.2 Å². The topological polar surface area (TPSA) is 25.2 Å². The van der Waals surface area contributed by atoms with E-state index in [1.54, 1.807) is 0 Å². The normalized spacial score (nSPS) is 17.9. The molecule has 0 radical (unpaired) electrons. The summed E-state index contributed by atoms with van der Waals surface area (Å²) in [7, 11) is 0. The van der Waals surface area contributed by atoms with Crippen molar-refractivity contribution in [2.24, 2.45) is 0 Å². The van der Waals surface area contributed by atoms with Crippen LogP contribution in [0.2, 0.25) is 0 Å². The van der Waals surface area contributed by atoms with E-state index in [-0.39, 0.29) is 0 Å². The molecule has 1 aromatic heterocycles. The average Bonchev–Trinajstić information content (AvgIpc) is 2.95. The molecule has 1 unspecified atom stereocenters. The van der Waals surface area contributed by atoms with Crippen LogP contribution in [0.1, 0.15) is 31.6 Å². The lowest BCUT2D eigenvalue weighted by molar-refractivity contribution is 0.449. The van der Waals surface area contributed by atoms with Crippen molar-refractivity contribution < 1.29 is 4.42 Å². The van der Waals surface area contributed by atoms with Gasteiger partial charge in [0, 0.05) is 15.9 Å². The number of halogens is 1. The van der Waals surface area contributed by atoms with Crippen molar-refractivity contribution in [1.82, 2.24) is 5.32 Å². The fourth-order valence-corrected chi connectivity index (χ4v) is 2.31. The second-order valence-electron chi connectivity index (χ2n) is 4.49. The van der Waals surface area contributed by atoms with E-state index in [0.717, 1.165) is 21.2 Å². The molecule has 0 saturated heterocycles. The predicted molar refractivity (Wildman–Crippen MR) is 68.5 cm³/mol. The summed E-state index contributed by atoms with van der Waals surface area (Å²) in [6, 6.07) is 9.24. The lowest BCUT2D eigenvalue weighted by Crippen LogP contribution is -2.20. The van der Waals surface area contributed by atoms with E-state index in [9.17, 15) is 0 Å². The van der Waals surface area contributed by atoms with Crippen molar-refractivity contribution in [2.45, 2.75) is 31.8 Å². The van der Waals surface area contributed by atoms with Crippen LogP contribution in [-0.2, 0) is 0 Å². The lowest BCUT2D eigenvalue weighted by atomic mass is 10.2. The molecule has 16 heavy (non-hydrogen) atoms. The minimum atomic E-state index is 0.304. The van der Waals surface area contributed by atoms with Crippen LogP contribution < -0.4 is 5.32 Å². The smallest absolute Gasteiger partial charge is 0.134 e. The van der Waals surface area contributed by atoms with Crippen molar-refractivity contribution in [2.75, 3.05) is 0 Å². The molecular formula is C13H14BrNO. The maximum atomic E-state index is 5.83. The Morgan fingerprint density at radius 2 is 2.19 bits per heavy atom. The Bertz CT molecular complexity index is 516. The molecule has 3 heteroatoms. The highest BCUT2D eigenvalue weighted by Gasteiger charge is 2.24. The third kappa shape index (κ3) is 2.02. The first-order chi connectivity index (χ1) is 7.72. The highest BCUT2D eigenvalue weighted by Crippen LogP contribution is 2.29. The molecule has 3 rings (SSSR count). The zero-order chi connectivity index (χ0) is 11.1. The number of hydrogen-bond donors (Lipinski definition) is 1. The van der Waals surface area contributed by atoms with Gasteiger partial charge in [-0.2, -0.15) is 0 Å². The number of benzene rings is 1. The molecule has 1 N–H and O–H groups in total. The Morgan fingerprint density at radius 1 is 1.38 bits per heavy atom. The molecule has 0 bridgehead atoms. The molecule has 0 aliphatic heterocycles. The van der Waals surface area contributed by atoms with Gasteiger partial charge in [-0.25, -0.2) is 0 Å². The average molecular weight is 280 g/mol. The van der Waals surface area contributed by atoms with Gasteiger partial charge in [0.2, 0.25) is 0 Å². The predicted octanol–water partition coefficient (Wildman–Crippen LogP) is 4.01. The Kier molecular flexibility index (Phi) is 2.52. The van der Waals surface area contributed by atoms with E-state index in [0.29, 0.717) is 12.1 Å². The molecular weight excluding hydrogens is 266 g/mol. The van der Waals surface area contributed by atoms with Crippen LogP contribution in [0, 0.1) is 0 Å². The largest absolute Gasteiger partial charge is 0.459 e. The van der Waals surface area contributed by atoms with E-state index in [2.05, 4.69) is 40.3 Å². The second kappa shape index (κ2) is 3.90. The molecule has 1 fully saturated rings. The van der Waals surface area contributed by atoms with Crippen LogP contribution >= 0.6 is 15.9 Å². The molecule has 1 heterocycles. The van der Waals surface area contributed by atoms with Crippen molar-refractivity contribution in [3.63, 3.8) is 0 Å². The van der Waals surface area contributed by atoms with Crippen LogP contribution in [0.5, 0.6) is 0 Å². The molecule has 1 aromatic carbocycles. The Balaban J connectivity index is 1.91. The minimum Gasteiger partial charge on any atom is -0.459 e. The molecule has 2 nitrogen and oxygen atoms in total. The summed E-state index contributed by atoms with van der Waals surface area (Å²) < 4.78 is 6.92. The third-order valence-electron chi connectivity index (χ3n) is 2.99. The first-order valence-corrected chi connectivity index (χ1v) is 6.47. The Morgan fingerprint density at radius 3 is 2.94 bits per heavy atom. The minimum absolute atomic E-state index is 0.304. The van der Waals surface area contributed by atoms with Gasteiger partial charge in [-0.1, -0.05) is 15.9 Å². The zero-order valence-corrected chi connectivity index (χ0v) is 10.8. The fraction of sp³-hybridized carbons (Fsp3) is 0.385. The van der Waals surface area contributed by atoms with Crippen LogP contribution in [0.3, 0.4) is 0 Å². The van der Waals surface area contributed by atoms with E-state index >= 15 is 0 Å². The van der Waals surface area contributed by atoms with Gasteiger partial charge in [0.1, 0.15) is 11.3 Å². The lowest BCUT2D eigenvalue weighted by Gasteiger charge is -2.09. The molecule has 1 saturated carbocycles. The summed E-state index contributed by atoms with van der Waals surface area (Å²) in [6.45, 7) is 2.16. The van der Waals surface area contributed by atoms with E-state index in [4.69, 9.17) is 4.42 Å². The summed E-state index contributed by atoms with van der Waals surface area (Å²) in [5.41, 5.74) is 0.961. The molecule has 0 spiro atoms. The maximum absolute atomic E-state index is 5.83. The number of rotatable bonds is 3. The summed E-state index contributed by atoms with van der Waals surface area (Å²) in [6.07, 6.45) is 2.60. The summed E-state index contributed by atoms with van der Waals surface area (Å²) in [4.78, 5) is 0. The highest BCUT2D eigenvalue weighted by atomic mass is 79.9. The van der Waals surface area contributed by atoms with Gasteiger partial charge in [0.05, 0.1) is 6.04 Å².